The fourth-order valence-corrected chi connectivity index (χ4v) is 5.36. The minimum absolute atomic E-state index is 0.0823. The lowest BCUT2D eigenvalue weighted by Crippen LogP contribution is -2.50. The maximum atomic E-state index is 6.55. The number of rotatable bonds is 4. The molecule has 3 aromatic carbocycles. The Bertz CT molecular complexity index is 997. The van der Waals surface area contributed by atoms with Crippen LogP contribution in [0.2, 0.25) is 0 Å². The van der Waals surface area contributed by atoms with Crippen molar-refractivity contribution < 1.29 is 4.53 Å². The quantitative estimate of drug-likeness (QED) is 0.514. The first-order valence-corrected chi connectivity index (χ1v) is 10.9. The molecule has 0 radical (unpaired) electrons. The molecule has 0 bridgehead atoms. The van der Waals surface area contributed by atoms with Crippen LogP contribution in [-0.4, -0.2) is 19.0 Å². The summed E-state index contributed by atoms with van der Waals surface area (Å²) in [6, 6.07) is 27.5. The molecule has 1 heterocycles. The van der Waals surface area contributed by atoms with Crippen LogP contribution in [0, 0.1) is 0 Å². The largest absolute Gasteiger partial charge is 0.448 e. The normalized spacial score (nSPS) is 11.9. The van der Waals surface area contributed by atoms with E-state index in [1.807, 2.05) is 18.3 Å². The zero-order valence-electron chi connectivity index (χ0n) is 16.0. The molecule has 4 rings (SSSR count). The summed E-state index contributed by atoms with van der Waals surface area (Å²) in [5.41, 5.74) is 2.38. The summed E-state index contributed by atoms with van der Waals surface area (Å²) < 4.78 is 6.55. The van der Waals surface area contributed by atoms with Crippen molar-refractivity contribution in [2.24, 2.45) is 0 Å². The molecule has 0 spiro atoms. The van der Waals surface area contributed by atoms with Crippen LogP contribution in [-0.2, 0) is 5.41 Å². The van der Waals surface area contributed by atoms with E-state index in [9.17, 15) is 0 Å². The van der Waals surface area contributed by atoms with E-state index in [0.717, 1.165) is 10.9 Å². The van der Waals surface area contributed by atoms with Crippen molar-refractivity contribution in [3.8, 4) is 0 Å². The van der Waals surface area contributed by atoms with Crippen LogP contribution >= 0.6 is 0 Å². The van der Waals surface area contributed by atoms with Crippen molar-refractivity contribution in [2.75, 3.05) is 0 Å². The number of fused-ring (bicyclic) bond motifs is 1. The predicted molar refractivity (Wildman–Crippen MR) is 114 cm³/mol. The van der Waals surface area contributed by atoms with E-state index in [1.54, 1.807) is 4.85 Å². The first kappa shape index (κ1) is 17.6. The van der Waals surface area contributed by atoms with Gasteiger partial charge < -0.3 is 4.53 Å². The summed E-state index contributed by atoms with van der Waals surface area (Å²) in [7, 11) is -1.91. The van der Waals surface area contributed by atoms with Crippen LogP contribution in [0.4, 0.5) is 0 Å². The van der Waals surface area contributed by atoms with Gasteiger partial charge in [-0.2, -0.15) is 0 Å². The highest BCUT2D eigenvalue weighted by Gasteiger charge is 2.22. The van der Waals surface area contributed by atoms with Crippen LogP contribution in [0.25, 0.3) is 10.9 Å². The summed E-state index contributed by atoms with van der Waals surface area (Å²) in [4.78, 5) is 1.72. The summed E-state index contributed by atoms with van der Waals surface area (Å²) in [6.07, 6.45) is 1.88. The van der Waals surface area contributed by atoms with Gasteiger partial charge in [0.1, 0.15) is 5.52 Å². The topological polar surface area (TPSA) is 27.1 Å². The second kappa shape index (κ2) is 7.04. The fraction of sp³-hybridized carbons (Fsp3) is 0.174. The third-order valence-electron chi connectivity index (χ3n) is 4.81. The Kier molecular flexibility index (Phi) is 4.58. The van der Waals surface area contributed by atoms with E-state index in [4.69, 9.17) is 4.53 Å². The first-order valence-electron chi connectivity index (χ1n) is 9.28. The molecule has 0 atom stereocenters. The monoisotopic (exact) mass is 372 g/mol. The van der Waals surface area contributed by atoms with Gasteiger partial charge in [-0.05, 0) is 27.4 Å². The average Bonchev–Trinajstić information content (AvgIpc) is 3.09. The molecule has 27 heavy (non-hydrogen) atoms. The van der Waals surface area contributed by atoms with Gasteiger partial charge >= 0.3 is 9.04 Å². The van der Waals surface area contributed by atoms with E-state index in [2.05, 4.69) is 92.6 Å². The molecular weight excluding hydrogens is 348 g/mol. The Hall–Kier alpha value is -2.85. The van der Waals surface area contributed by atoms with Gasteiger partial charge in [0.05, 0.1) is 6.20 Å². The zero-order chi connectivity index (χ0) is 18.9. The molecule has 0 N–H and O–H groups in total. The highest BCUT2D eigenvalue weighted by molar-refractivity contribution is 6.80. The third-order valence-corrected chi connectivity index (χ3v) is 7.21. The van der Waals surface area contributed by atoms with Gasteiger partial charge in [-0.3, -0.25) is 0 Å². The van der Waals surface area contributed by atoms with Gasteiger partial charge in [0, 0.05) is 5.39 Å². The van der Waals surface area contributed by atoms with E-state index in [0.29, 0.717) is 0 Å². The minimum Gasteiger partial charge on any atom is -0.448 e. The Morgan fingerprint density at radius 3 is 1.96 bits per heavy atom. The van der Waals surface area contributed by atoms with Crippen LogP contribution in [0.5, 0.6) is 0 Å². The van der Waals surface area contributed by atoms with Crippen LogP contribution in [0.15, 0.2) is 85.1 Å². The summed E-state index contributed by atoms with van der Waals surface area (Å²) >= 11 is 0. The number of benzene rings is 3. The molecule has 4 heteroatoms. The molecule has 1 aromatic heterocycles. The van der Waals surface area contributed by atoms with Crippen LogP contribution < -0.4 is 14.9 Å². The fourth-order valence-electron chi connectivity index (χ4n) is 3.22. The standard InChI is InChI=1S/C23H24N2OSi/c1-23(2,3)19-15-14-18-17-24-25(22(18)16-19)26-27(20-10-6-4-7-11-20)21-12-8-5-9-13-21/h4-17,27H,1-3H3. The number of nitrogens with zero attached hydrogens (tertiary/aromatic N) is 2. The Labute approximate surface area is 161 Å². The molecule has 0 fully saturated rings. The van der Waals surface area contributed by atoms with Gasteiger partial charge in [-0.1, -0.05) is 93.6 Å². The molecule has 4 aromatic rings. The van der Waals surface area contributed by atoms with Gasteiger partial charge in [0.2, 0.25) is 0 Å². The molecule has 0 aliphatic rings. The molecule has 136 valence electrons. The lowest BCUT2D eigenvalue weighted by molar-refractivity contribution is 0.257. The number of hydrogen-bond acceptors (Lipinski definition) is 2. The Morgan fingerprint density at radius 1 is 0.815 bits per heavy atom. The lowest BCUT2D eigenvalue weighted by Gasteiger charge is -2.21. The van der Waals surface area contributed by atoms with Gasteiger partial charge in [0.25, 0.3) is 0 Å². The molecule has 0 amide bonds. The van der Waals surface area contributed by atoms with E-state index in [-0.39, 0.29) is 5.41 Å². The van der Waals surface area contributed by atoms with Crippen molar-refractivity contribution in [3.05, 3.63) is 90.6 Å². The van der Waals surface area contributed by atoms with E-state index >= 15 is 0 Å². The zero-order valence-corrected chi connectivity index (χ0v) is 17.1. The highest BCUT2D eigenvalue weighted by atomic mass is 28.3. The highest BCUT2D eigenvalue weighted by Crippen LogP contribution is 2.25. The maximum absolute atomic E-state index is 6.55. The molecule has 0 aliphatic carbocycles. The molecule has 3 nitrogen and oxygen atoms in total. The van der Waals surface area contributed by atoms with Crippen molar-refractivity contribution in [1.82, 2.24) is 9.94 Å². The summed E-state index contributed by atoms with van der Waals surface area (Å²) in [5, 5.41) is 8.10. The molecule has 0 saturated heterocycles. The van der Waals surface area contributed by atoms with E-state index in [1.165, 1.54) is 15.9 Å². The molecule has 0 unspecified atom stereocenters. The van der Waals surface area contributed by atoms with Gasteiger partial charge in [-0.15, -0.1) is 9.94 Å². The van der Waals surface area contributed by atoms with E-state index < -0.39 is 9.04 Å². The SMILES string of the molecule is CC(C)(C)c1ccc2cnn(O[SiH](c3ccccc3)c3ccccc3)c2c1. The van der Waals surface area contributed by atoms with Crippen molar-refractivity contribution in [3.63, 3.8) is 0 Å². The number of hydrogen-bond donors (Lipinski definition) is 0. The number of aromatic nitrogens is 2. The summed E-state index contributed by atoms with van der Waals surface area (Å²) in [5.74, 6) is 0. The van der Waals surface area contributed by atoms with Crippen molar-refractivity contribution in [2.45, 2.75) is 26.2 Å². The summed E-state index contributed by atoms with van der Waals surface area (Å²) in [6.45, 7) is 6.67. The second-order valence-corrected chi connectivity index (χ2v) is 10.2. The Morgan fingerprint density at radius 2 is 1.41 bits per heavy atom. The second-order valence-electron chi connectivity index (χ2n) is 7.85. The smallest absolute Gasteiger partial charge is 0.334 e. The van der Waals surface area contributed by atoms with Crippen molar-refractivity contribution >= 4 is 30.3 Å². The van der Waals surface area contributed by atoms with Crippen LogP contribution in [0.1, 0.15) is 26.3 Å². The molecule has 0 aliphatic heterocycles. The lowest BCUT2D eigenvalue weighted by atomic mass is 9.87. The maximum Gasteiger partial charge on any atom is 0.334 e. The minimum atomic E-state index is -1.91. The third kappa shape index (κ3) is 3.66. The predicted octanol–water partition coefficient (Wildman–Crippen LogP) is 3.30. The molecule has 0 saturated carbocycles. The average molecular weight is 373 g/mol. The van der Waals surface area contributed by atoms with Crippen LogP contribution in [0.3, 0.4) is 0 Å². The van der Waals surface area contributed by atoms with Gasteiger partial charge in [0.15, 0.2) is 0 Å². The first-order chi connectivity index (χ1) is 13.0. The Balaban J connectivity index is 1.78. The van der Waals surface area contributed by atoms with Crippen molar-refractivity contribution in [1.29, 1.82) is 0 Å². The van der Waals surface area contributed by atoms with Gasteiger partial charge in [-0.25, -0.2) is 0 Å². The molecular formula is C23H24N2OSi.